The van der Waals surface area contributed by atoms with Gasteiger partial charge in [0.2, 0.25) is 0 Å². The van der Waals surface area contributed by atoms with E-state index in [4.69, 9.17) is 0 Å². The van der Waals surface area contributed by atoms with E-state index >= 15 is 0 Å². The average Bonchev–Trinajstić information content (AvgIpc) is 3.43. The molecular formula is C24H18B2N6Pt. The third-order valence-corrected chi connectivity index (χ3v) is 5.50. The molecule has 0 saturated heterocycles. The second-order valence-electron chi connectivity index (χ2n) is 7.44. The summed E-state index contributed by atoms with van der Waals surface area (Å²) in [5.74, 6) is 1.77. The van der Waals surface area contributed by atoms with Crippen LogP contribution in [-0.4, -0.2) is 25.1 Å². The molecule has 0 aliphatic carbocycles. The number of fused-ring (bicyclic) bond motifs is 2. The Hall–Kier alpha value is -3.50. The van der Waals surface area contributed by atoms with Crippen molar-refractivity contribution in [2.24, 2.45) is 0 Å². The summed E-state index contributed by atoms with van der Waals surface area (Å²) in [6.07, 6.45) is 7.76. The summed E-state index contributed by atoms with van der Waals surface area (Å²) >= 11 is 0. The van der Waals surface area contributed by atoms with Gasteiger partial charge in [-0.05, 0) is 48.5 Å². The Morgan fingerprint density at radius 2 is 0.909 bits per heavy atom. The Labute approximate surface area is 209 Å². The molecule has 2 aromatic carbocycles. The number of aromatic nitrogens is 2. The van der Waals surface area contributed by atoms with Crippen LogP contribution in [0.15, 0.2) is 110 Å². The molecule has 2 aliphatic rings. The maximum atomic E-state index is 4.52. The van der Waals surface area contributed by atoms with E-state index in [1.807, 2.05) is 60.9 Å². The van der Waals surface area contributed by atoms with E-state index < -0.39 is 0 Å². The SMILES string of the molecule is [B]1N(/C=C\N2[B]N(c3ccccn3)c3ccccc32)c2ccccc2N1c1ccccn1.[Pt]. The maximum Gasteiger partial charge on any atom is 0.402 e. The zero-order chi connectivity index (χ0) is 21.3. The molecule has 2 aliphatic heterocycles. The number of nitrogens with zero attached hydrogens (tertiary/aromatic N) is 6. The van der Waals surface area contributed by atoms with E-state index in [0.29, 0.717) is 0 Å². The van der Waals surface area contributed by atoms with Gasteiger partial charge in [-0.2, -0.15) is 0 Å². The Morgan fingerprint density at radius 1 is 0.515 bits per heavy atom. The smallest absolute Gasteiger partial charge is 0.372 e. The van der Waals surface area contributed by atoms with E-state index in [-0.39, 0.29) is 21.1 Å². The molecule has 33 heavy (non-hydrogen) atoms. The minimum Gasteiger partial charge on any atom is -0.372 e. The third kappa shape index (κ3) is 3.91. The van der Waals surface area contributed by atoms with Crippen molar-refractivity contribution >= 4 is 49.5 Å². The Bertz CT molecular complexity index is 1180. The number of para-hydroxylation sites is 4. The monoisotopic (exact) mass is 607 g/mol. The average molecular weight is 607 g/mol. The molecule has 0 spiro atoms. The fourth-order valence-electron chi connectivity index (χ4n) is 4.01. The fraction of sp³-hybridized carbons (Fsp3) is 0. The summed E-state index contributed by atoms with van der Waals surface area (Å²) in [5, 5.41) is 0. The summed E-state index contributed by atoms with van der Waals surface area (Å²) in [6.45, 7) is 0. The van der Waals surface area contributed by atoms with Crippen LogP contribution < -0.4 is 19.2 Å². The van der Waals surface area contributed by atoms with Gasteiger partial charge in [0.15, 0.2) is 0 Å². The standard InChI is InChI=1S/C24H18B2N6.Pt/c1-3-11-21-19(9-1)29(25-31(21)23-13-5-7-15-27-23)17-18-30-20-10-2-4-12-22(20)32(26-30)24-14-6-8-16-28-24;/h1-18H;/b18-17-;. The van der Waals surface area contributed by atoms with Crippen molar-refractivity contribution in [2.45, 2.75) is 0 Å². The van der Waals surface area contributed by atoms with Crippen molar-refractivity contribution in [1.82, 2.24) is 9.97 Å². The second-order valence-corrected chi connectivity index (χ2v) is 7.44. The Morgan fingerprint density at radius 3 is 1.30 bits per heavy atom. The van der Waals surface area contributed by atoms with E-state index in [9.17, 15) is 0 Å². The van der Waals surface area contributed by atoms with E-state index in [1.54, 1.807) is 0 Å². The number of benzene rings is 2. The molecule has 0 atom stereocenters. The van der Waals surface area contributed by atoms with Crippen LogP contribution in [0.5, 0.6) is 0 Å². The molecule has 0 unspecified atom stereocenters. The van der Waals surface area contributed by atoms with Gasteiger partial charge in [0.1, 0.15) is 11.6 Å². The van der Waals surface area contributed by atoms with Crippen LogP contribution in [-0.2, 0) is 21.1 Å². The van der Waals surface area contributed by atoms with Crippen molar-refractivity contribution in [3.05, 3.63) is 110 Å². The molecule has 2 radical (unpaired) electrons. The Balaban J connectivity index is 0.00000228. The van der Waals surface area contributed by atoms with Gasteiger partial charge in [0.05, 0.1) is 22.7 Å². The molecule has 4 aromatic rings. The summed E-state index contributed by atoms with van der Waals surface area (Å²) < 4.78 is 0. The normalized spacial score (nSPS) is 13.9. The topological polar surface area (TPSA) is 38.7 Å². The molecule has 0 fully saturated rings. The van der Waals surface area contributed by atoms with Crippen molar-refractivity contribution in [2.75, 3.05) is 19.2 Å². The first-order valence-electron chi connectivity index (χ1n) is 10.4. The molecule has 6 nitrogen and oxygen atoms in total. The first kappa shape index (κ1) is 21.3. The summed E-state index contributed by atoms with van der Waals surface area (Å²) in [4.78, 5) is 17.5. The molecule has 160 valence electrons. The second kappa shape index (κ2) is 9.16. The number of pyridine rings is 2. The molecule has 6 rings (SSSR count). The van der Waals surface area contributed by atoms with E-state index in [2.05, 4.69) is 93.1 Å². The first-order chi connectivity index (χ1) is 15.9. The predicted octanol–water partition coefficient (Wildman–Crippen LogP) is 4.63. The molecule has 0 N–H and O–H groups in total. The molecule has 9 heteroatoms. The van der Waals surface area contributed by atoms with Gasteiger partial charge in [-0.1, -0.05) is 36.4 Å². The van der Waals surface area contributed by atoms with Gasteiger partial charge in [-0.25, -0.2) is 9.97 Å². The fourth-order valence-corrected chi connectivity index (χ4v) is 4.01. The van der Waals surface area contributed by atoms with Crippen LogP contribution in [0.3, 0.4) is 0 Å². The van der Waals surface area contributed by atoms with E-state index in [0.717, 1.165) is 34.4 Å². The largest absolute Gasteiger partial charge is 0.402 e. The number of rotatable bonds is 4. The zero-order valence-corrected chi connectivity index (χ0v) is 19.8. The quantitative estimate of drug-likeness (QED) is 0.316. The van der Waals surface area contributed by atoms with Crippen LogP contribution in [0.2, 0.25) is 0 Å². The number of hydrogen-bond donors (Lipinski definition) is 0. The minimum atomic E-state index is 0. The van der Waals surface area contributed by atoms with Gasteiger partial charge in [-0.3, -0.25) is 0 Å². The van der Waals surface area contributed by atoms with Crippen molar-refractivity contribution in [1.29, 1.82) is 0 Å². The first-order valence-corrected chi connectivity index (χ1v) is 10.4. The number of anilines is 6. The van der Waals surface area contributed by atoms with Gasteiger partial charge in [-0.15, -0.1) is 0 Å². The maximum absolute atomic E-state index is 4.52. The van der Waals surface area contributed by atoms with Crippen molar-refractivity contribution in [3.8, 4) is 0 Å². The molecule has 0 bridgehead atoms. The van der Waals surface area contributed by atoms with Crippen molar-refractivity contribution < 1.29 is 21.1 Å². The summed E-state index contributed by atoms with van der Waals surface area (Å²) in [6, 6.07) is 28.5. The summed E-state index contributed by atoms with van der Waals surface area (Å²) in [5.41, 5.74) is 4.39. The zero-order valence-electron chi connectivity index (χ0n) is 17.5. The van der Waals surface area contributed by atoms with Gasteiger partial charge >= 0.3 is 15.1 Å². The van der Waals surface area contributed by atoms with Gasteiger partial charge < -0.3 is 19.2 Å². The minimum absolute atomic E-state index is 0. The molecule has 4 heterocycles. The van der Waals surface area contributed by atoms with Crippen LogP contribution in [0.25, 0.3) is 0 Å². The van der Waals surface area contributed by atoms with Crippen LogP contribution in [0.4, 0.5) is 34.4 Å². The molecule has 2 aromatic heterocycles. The summed E-state index contributed by atoms with van der Waals surface area (Å²) in [7, 11) is 4.12. The molecule has 0 saturated carbocycles. The predicted molar refractivity (Wildman–Crippen MR) is 131 cm³/mol. The van der Waals surface area contributed by atoms with E-state index in [1.165, 1.54) is 0 Å². The molecular weight excluding hydrogens is 589 g/mol. The van der Waals surface area contributed by atoms with Crippen LogP contribution >= 0.6 is 0 Å². The number of hydrogen-bond acceptors (Lipinski definition) is 6. The van der Waals surface area contributed by atoms with Gasteiger partial charge in [0.25, 0.3) is 0 Å². The molecule has 0 amide bonds. The van der Waals surface area contributed by atoms with Gasteiger partial charge in [0, 0.05) is 45.9 Å². The van der Waals surface area contributed by atoms with Crippen molar-refractivity contribution in [3.63, 3.8) is 0 Å². The Kier molecular flexibility index (Phi) is 5.93. The van der Waals surface area contributed by atoms with Crippen LogP contribution in [0.1, 0.15) is 0 Å². The van der Waals surface area contributed by atoms with Crippen LogP contribution in [0, 0.1) is 0 Å². The third-order valence-electron chi connectivity index (χ3n) is 5.50.